The molecule has 0 atom stereocenters. The van der Waals surface area contributed by atoms with Crippen LogP contribution in [0.5, 0.6) is 5.75 Å². The monoisotopic (exact) mass is 315 g/mol. The Kier molecular flexibility index (Phi) is 5.50. The highest BCUT2D eigenvalue weighted by molar-refractivity contribution is 7.98. The van der Waals surface area contributed by atoms with Gasteiger partial charge in [-0.25, -0.2) is 0 Å². The summed E-state index contributed by atoms with van der Waals surface area (Å²) in [6.07, 6.45) is 2.00. The fourth-order valence-corrected chi connectivity index (χ4v) is 2.84. The van der Waals surface area contributed by atoms with Crippen LogP contribution in [0.15, 0.2) is 47.4 Å². The normalized spacial score (nSPS) is 10.4. The van der Waals surface area contributed by atoms with Gasteiger partial charge in [0, 0.05) is 17.1 Å². The van der Waals surface area contributed by atoms with Crippen molar-refractivity contribution in [1.82, 2.24) is 0 Å². The first-order chi connectivity index (χ1) is 10.6. The lowest BCUT2D eigenvalue weighted by Crippen LogP contribution is -2.31. The molecule has 0 aromatic heterocycles. The van der Waals surface area contributed by atoms with Gasteiger partial charge in [0.1, 0.15) is 5.75 Å². The van der Waals surface area contributed by atoms with E-state index in [4.69, 9.17) is 4.74 Å². The van der Waals surface area contributed by atoms with E-state index in [0.29, 0.717) is 17.9 Å². The number of para-hydroxylation sites is 1. The molecule has 2 aromatic rings. The maximum Gasteiger partial charge on any atom is 0.262 e. The van der Waals surface area contributed by atoms with Crippen molar-refractivity contribution >= 4 is 23.4 Å². The summed E-state index contributed by atoms with van der Waals surface area (Å²) in [6, 6.07) is 13.6. The van der Waals surface area contributed by atoms with Crippen molar-refractivity contribution in [2.45, 2.75) is 18.7 Å². The number of nitrogens with zero attached hydrogens (tertiary/aromatic N) is 1. The van der Waals surface area contributed by atoms with Gasteiger partial charge in [-0.1, -0.05) is 18.2 Å². The van der Waals surface area contributed by atoms with Crippen LogP contribution in [-0.4, -0.2) is 25.8 Å². The Morgan fingerprint density at radius 3 is 2.55 bits per heavy atom. The zero-order chi connectivity index (χ0) is 16.1. The second kappa shape index (κ2) is 7.36. The number of rotatable bonds is 5. The van der Waals surface area contributed by atoms with Crippen LogP contribution in [0.2, 0.25) is 0 Å². The van der Waals surface area contributed by atoms with Crippen LogP contribution >= 0.6 is 11.8 Å². The van der Waals surface area contributed by atoms with Gasteiger partial charge in [-0.15, -0.1) is 11.8 Å². The molecule has 22 heavy (non-hydrogen) atoms. The second-order valence-corrected chi connectivity index (χ2v) is 5.78. The largest absolute Gasteiger partial charge is 0.496 e. The molecule has 0 N–H and O–H groups in total. The SMILES string of the molecule is CCN(C(=O)c1ccc(SC)cc1OC)c1ccccc1C. The van der Waals surface area contributed by atoms with Gasteiger partial charge in [0.2, 0.25) is 0 Å². The molecule has 0 aliphatic carbocycles. The Bertz CT molecular complexity index is 670. The molecular formula is C18H21NO2S. The molecule has 0 heterocycles. The predicted octanol–water partition coefficient (Wildman–Crippen LogP) is 4.39. The van der Waals surface area contributed by atoms with Gasteiger partial charge in [-0.05, 0) is 49.9 Å². The van der Waals surface area contributed by atoms with Crippen LogP contribution in [0.3, 0.4) is 0 Å². The van der Waals surface area contributed by atoms with E-state index in [1.54, 1.807) is 23.8 Å². The molecule has 0 fully saturated rings. The summed E-state index contributed by atoms with van der Waals surface area (Å²) in [6.45, 7) is 4.60. The fraction of sp³-hybridized carbons (Fsp3) is 0.278. The third kappa shape index (κ3) is 3.28. The number of benzene rings is 2. The minimum atomic E-state index is -0.0405. The molecule has 0 unspecified atom stereocenters. The number of aryl methyl sites for hydroxylation is 1. The van der Waals surface area contributed by atoms with Crippen molar-refractivity contribution < 1.29 is 9.53 Å². The van der Waals surface area contributed by atoms with Gasteiger partial charge in [-0.3, -0.25) is 4.79 Å². The van der Waals surface area contributed by atoms with Crippen molar-refractivity contribution in [3.05, 3.63) is 53.6 Å². The van der Waals surface area contributed by atoms with Crippen LogP contribution in [-0.2, 0) is 0 Å². The Morgan fingerprint density at radius 1 is 1.23 bits per heavy atom. The minimum absolute atomic E-state index is 0.0405. The number of carbonyl (C=O) groups excluding carboxylic acids is 1. The van der Waals surface area contributed by atoms with Crippen molar-refractivity contribution in [3.63, 3.8) is 0 Å². The zero-order valence-corrected chi connectivity index (χ0v) is 14.2. The van der Waals surface area contributed by atoms with Crippen LogP contribution in [0.25, 0.3) is 0 Å². The van der Waals surface area contributed by atoms with Crippen molar-refractivity contribution in [1.29, 1.82) is 0 Å². The number of amides is 1. The Morgan fingerprint density at radius 2 is 1.95 bits per heavy atom. The van der Waals surface area contributed by atoms with E-state index in [-0.39, 0.29) is 5.91 Å². The van der Waals surface area contributed by atoms with Crippen LogP contribution in [0, 0.1) is 6.92 Å². The Balaban J connectivity index is 2.43. The zero-order valence-electron chi connectivity index (χ0n) is 13.4. The summed E-state index contributed by atoms with van der Waals surface area (Å²) in [7, 11) is 1.60. The fourth-order valence-electron chi connectivity index (χ4n) is 2.41. The summed E-state index contributed by atoms with van der Waals surface area (Å²) < 4.78 is 5.41. The summed E-state index contributed by atoms with van der Waals surface area (Å²) in [5, 5.41) is 0. The predicted molar refractivity (Wildman–Crippen MR) is 93.3 cm³/mol. The van der Waals surface area contributed by atoms with E-state index in [1.165, 1.54) is 0 Å². The minimum Gasteiger partial charge on any atom is -0.496 e. The van der Waals surface area contributed by atoms with E-state index in [0.717, 1.165) is 16.1 Å². The number of ether oxygens (including phenoxy) is 1. The van der Waals surface area contributed by atoms with Crippen LogP contribution in [0.4, 0.5) is 5.69 Å². The van der Waals surface area contributed by atoms with Gasteiger partial charge in [-0.2, -0.15) is 0 Å². The molecule has 0 radical (unpaired) electrons. The van der Waals surface area contributed by atoms with Gasteiger partial charge in [0.15, 0.2) is 0 Å². The molecule has 2 rings (SSSR count). The second-order valence-electron chi connectivity index (χ2n) is 4.90. The number of anilines is 1. The van der Waals surface area contributed by atoms with Crippen LogP contribution in [0.1, 0.15) is 22.8 Å². The quantitative estimate of drug-likeness (QED) is 0.766. The average molecular weight is 315 g/mol. The molecule has 2 aromatic carbocycles. The summed E-state index contributed by atoms with van der Waals surface area (Å²) in [4.78, 5) is 15.8. The summed E-state index contributed by atoms with van der Waals surface area (Å²) in [5.41, 5.74) is 2.61. The highest BCUT2D eigenvalue weighted by atomic mass is 32.2. The standard InChI is InChI=1S/C18H21NO2S/c1-5-19(16-9-7-6-8-13(16)2)18(20)15-11-10-14(22-4)12-17(15)21-3/h6-12H,5H2,1-4H3. The lowest BCUT2D eigenvalue weighted by molar-refractivity contribution is 0.0985. The molecule has 0 bridgehead atoms. The highest BCUT2D eigenvalue weighted by Gasteiger charge is 2.21. The van der Waals surface area contributed by atoms with Gasteiger partial charge >= 0.3 is 0 Å². The molecule has 3 nitrogen and oxygen atoms in total. The molecule has 0 saturated heterocycles. The first kappa shape index (κ1) is 16.4. The third-order valence-corrected chi connectivity index (χ3v) is 4.33. The molecule has 4 heteroatoms. The molecule has 0 saturated carbocycles. The lowest BCUT2D eigenvalue weighted by atomic mass is 10.1. The average Bonchev–Trinajstić information content (AvgIpc) is 2.56. The van der Waals surface area contributed by atoms with Gasteiger partial charge in [0.25, 0.3) is 5.91 Å². The van der Waals surface area contributed by atoms with Gasteiger partial charge < -0.3 is 9.64 Å². The summed E-state index contributed by atoms with van der Waals surface area (Å²) in [5.74, 6) is 0.574. The number of methoxy groups -OCH3 is 1. The van der Waals surface area contributed by atoms with E-state index < -0.39 is 0 Å². The first-order valence-corrected chi connectivity index (χ1v) is 8.44. The topological polar surface area (TPSA) is 29.5 Å². The van der Waals surface area contributed by atoms with Crippen LogP contribution < -0.4 is 9.64 Å². The Labute approximate surface area is 136 Å². The molecule has 1 amide bonds. The number of hydrogen-bond donors (Lipinski definition) is 0. The number of hydrogen-bond acceptors (Lipinski definition) is 3. The molecular weight excluding hydrogens is 294 g/mol. The smallest absolute Gasteiger partial charge is 0.262 e. The lowest BCUT2D eigenvalue weighted by Gasteiger charge is -2.24. The van der Waals surface area contributed by atoms with E-state index in [1.807, 2.05) is 62.6 Å². The highest BCUT2D eigenvalue weighted by Crippen LogP contribution is 2.28. The first-order valence-electron chi connectivity index (χ1n) is 7.21. The third-order valence-electron chi connectivity index (χ3n) is 3.61. The van der Waals surface area contributed by atoms with Gasteiger partial charge in [0.05, 0.1) is 12.7 Å². The number of thioether (sulfide) groups is 1. The maximum atomic E-state index is 12.9. The molecule has 0 aliphatic rings. The molecule has 0 aliphatic heterocycles. The van der Waals surface area contributed by atoms with E-state index in [9.17, 15) is 4.79 Å². The van der Waals surface area contributed by atoms with Crippen molar-refractivity contribution in [2.75, 3.05) is 24.8 Å². The Hall–Kier alpha value is -1.94. The maximum absolute atomic E-state index is 12.9. The van der Waals surface area contributed by atoms with Crippen molar-refractivity contribution in [2.24, 2.45) is 0 Å². The summed E-state index contributed by atoms with van der Waals surface area (Å²) >= 11 is 1.63. The molecule has 116 valence electrons. The number of carbonyl (C=O) groups is 1. The van der Waals surface area contributed by atoms with Crippen molar-refractivity contribution in [3.8, 4) is 5.75 Å². The van der Waals surface area contributed by atoms with E-state index in [2.05, 4.69) is 0 Å². The van der Waals surface area contributed by atoms with E-state index >= 15 is 0 Å². The molecule has 0 spiro atoms.